The Morgan fingerprint density at radius 3 is 2.54 bits per heavy atom. The summed E-state index contributed by atoms with van der Waals surface area (Å²) >= 11 is 0. The summed E-state index contributed by atoms with van der Waals surface area (Å²) in [5.41, 5.74) is 0.283. The number of hydrogen-bond acceptors (Lipinski definition) is 6. The second-order valence-corrected chi connectivity index (χ2v) is 2.05. The van der Waals surface area contributed by atoms with Gasteiger partial charge in [-0.3, -0.25) is 0 Å². The van der Waals surface area contributed by atoms with Crippen molar-refractivity contribution in [3.63, 3.8) is 0 Å². The van der Waals surface area contributed by atoms with Crippen molar-refractivity contribution in [2.45, 2.75) is 0 Å². The molecule has 7 heteroatoms. The summed E-state index contributed by atoms with van der Waals surface area (Å²) < 4.78 is 0. The van der Waals surface area contributed by atoms with Crippen LogP contribution < -0.4 is 4.85 Å². The average molecular weight is 182 g/mol. The van der Waals surface area contributed by atoms with Crippen molar-refractivity contribution in [2.24, 2.45) is 10.3 Å². The minimum Gasteiger partial charge on any atom is -0.594 e. The van der Waals surface area contributed by atoms with Crippen molar-refractivity contribution >= 4 is 12.4 Å². The van der Waals surface area contributed by atoms with Crippen LogP contribution in [0, 0.1) is 5.21 Å². The Labute approximate surface area is 72.8 Å². The average Bonchev–Trinajstić information content (AvgIpc) is 2.10. The van der Waals surface area contributed by atoms with E-state index in [0.717, 1.165) is 12.4 Å². The highest BCUT2D eigenvalue weighted by molar-refractivity contribution is 5.78. The van der Waals surface area contributed by atoms with Crippen molar-refractivity contribution in [3.8, 4) is 0 Å². The zero-order valence-corrected chi connectivity index (χ0v) is 6.40. The van der Waals surface area contributed by atoms with Gasteiger partial charge in [0.05, 0.1) is 6.21 Å². The van der Waals surface area contributed by atoms with E-state index in [4.69, 9.17) is 10.4 Å². The maximum atomic E-state index is 11.0. The predicted octanol–water partition coefficient (Wildman–Crippen LogP) is -0.669. The van der Waals surface area contributed by atoms with Crippen LogP contribution in [0.3, 0.4) is 0 Å². The molecule has 0 aliphatic heterocycles. The summed E-state index contributed by atoms with van der Waals surface area (Å²) in [6.07, 6.45) is 1.95. The first-order valence-electron chi connectivity index (χ1n) is 3.23. The molecule has 1 rings (SSSR count). The lowest BCUT2D eigenvalue weighted by Crippen LogP contribution is -2.37. The third-order valence-corrected chi connectivity index (χ3v) is 1.23. The smallest absolute Gasteiger partial charge is 0.266 e. The number of oxime groups is 2. The first-order valence-corrected chi connectivity index (χ1v) is 3.23. The summed E-state index contributed by atoms with van der Waals surface area (Å²) in [6.45, 7) is 0. The van der Waals surface area contributed by atoms with E-state index in [-0.39, 0.29) is 16.2 Å². The van der Waals surface area contributed by atoms with Gasteiger partial charge in [-0.25, -0.2) is 0 Å². The van der Waals surface area contributed by atoms with Crippen molar-refractivity contribution in [1.29, 1.82) is 0 Å². The van der Waals surface area contributed by atoms with E-state index in [1.165, 1.54) is 12.1 Å². The molecule has 0 unspecified atom stereocenters. The first-order chi connectivity index (χ1) is 6.27. The van der Waals surface area contributed by atoms with E-state index < -0.39 is 0 Å². The van der Waals surface area contributed by atoms with E-state index in [2.05, 4.69) is 15.4 Å². The lowest BCUT2D eigenvalue weighted by molar-refractivity contribution is -0.670. The van der Waals surface area contributed by atoms with Crippen LogP contribution in [0.4, 0.5) is 0 Å². The van der Waals surface area contributed by atoms with Crippen LogP contribution in [-0.2, 0) is 0 Å². The van der Waals surface area contributed by atoms with Crippen LogP contribution in [0.25, 0.3) is 0 Å². The molecule has 0 atom stereocenters. The van der Waals surface area contributed by atoms with Crippen LogP contribution in [0.1, 0.15) is 11.4 Å². The Hall–Kier alpha value is -2.18. The van der Waals surface area contributed by atoms with Crippen LogP contribution in [0.5, 0.6) is 0 Å². The molecule has 0 aliphatic carbocycles. The fourth-order valence-electron chi connectivity index (χ4n) is 0.710. The molecule has 0 spiro atoms. The van der Waals surface area contributed by atoms with Gasteiger partial charge in [0.1, 0.15) is 6.21 Å². The molecule has 0 bridgehead atoms. The maximum absolute atomic E-state index is 11.0. The predicted molar refractivity (Wildman–Crippen MR) is 42.0 cm³/mol. The molecule has 0 saturated heterocycles. The van der Waals surface area contributed by atoms with Gasteiger partial charge in [-0.05, 0) is 10.9 Å². The Bertz CT molecular complexity index is 350. The van der Waals surface area contributed by atoms with Crippen molar-refractivity contribution in [2.75, 3.05) is 0 Å². The minimum atomic E-state index is 0.0811. The van der Waals surface area contributed by atoms with Gasteiger partial charge in [-0.15, -0.1) is 0 Å². The van der Waals surface area contributed by atoms with E-state index in [1.54, 1.807) is 0 Å². The molecule has 1 aromatic rings. The molecular formula is C6H6N4O3. The largest absolute Gasteiger partial charge is 0.594 e. The van der Waals surface area contributed by atoms with Crippen LogP contribution in [0.15, 0.2) is 22.4 Å². The Balaban J connectivity index is 3.05. The Morgan fingerprint density at radius 1 is 1.31 bits per heavy atom. The monoisotopic (exact) mass is 182 g/mol. The van der Waals surface area contributed by atoms with Gasteiger partial charge in [0.2, 0.25) is 0 Å². The van der Waals surface area contributed by atoms with Gasteiger partial charge in [0.15, 0.2) is 5.69 Å². The molecule has 1 aromatic heterocycles. The minimum absolute atomic E-state index is 0.0811. The molecule has 2 N–H and O–H groups in total. The molecule has 13 heavy (non-hydrogen) atoms. The molecule has 1 heterocycles. The summed E-state index contributed by atoms with van der Waals surface area (Å²) in [7, 11) is 0. The quantitative estimate of drug-likeness (QED) is 0.208. The fraction of sp³-hybridized carbons (Fsp3) is 0. The summed E-state index contributed by atoms with van der Waals surface area (Å²) in [5.74, 6) is 0. The van der Waals surface area contributed by atoms with Crippen molar-refractivity contribution in [3.05, 3.63) is 28.7 Å². The molecule has 7 nitrogen and oxygen atoms in total. The third-order valence-electron chi connectivity index (χ3n) is 1.23. The van der Waals surface area contributed by atoms with E-state index in [0.29, 0.717) is 0 Å². The van der Waals surface area contributed by atoms with Crippen molar-refractivity contribution in [1.82, 2.24) is 5.10 Å². The summed E-state index contributed by atoms with van der Waals surface area (Å²) in [4.78, 5) is 0.247. The number of hydrogen-bond donors (Lipinski definition) is 2. The van der Waals surface area contributed by atoms with Crippen LogP contribution >= 0.6 is 0 Å². The van der Waals surface area contributed by atoms with E-state index >= 15 is 0 Å². The SMILES string of the molecule is [O-][n+]1nc(/C=N/O)ccc1/C=N/O. The van der Waals surface area contributed by atoms with Crippen LogP contribution in [0.2, 0.25) is 0 Å². The number of rotatable bonds is 2. The highest BCUT2D eigenvalue weighted by Crippen LogP contribution is 1.89. The van der Waals surface area contributed by atoms with Gasteiger partial charge in [0.25, 0.3) is 5.69 Å². The molecule has 68 valence electrons. The second-order valence-electron chi connectivity index (χ2n) is 2.05. The van der Waals surface area contributed by atoms with Gasteiger partial charge in [-0.2, -0.15) is 0 Å². The van der Waals surface area contributed by atoms with E-state index in [1.807, 2.05) is 0 Å². The van der Waals surface area contributed by atoms with Crippen LogP contribution in [-0.4, -0.2) is 27.9 Å². The van der Waals surface area contributed by atoms with E-state index in [9.17, 15) is 5.21 Å². The zero-order valence-electron chi connectivity index (χ0n) is 6.40. The topological polar surface area (TPSA) is 105 Å². The van der Waals surface area contributed by atoms with Crippen molar-refractivity contribution < 1.29 is 15.3 Å². The highest BCUT2D eigenvalue weighted by atomic mass is 16.5. The molecule has 0 amide bonds. The first kappa shape index (κ1) is 8.91. The maximum Gasteiger partial charge on any atom is 0.266 e. The molecule has 0 fully saturated rings. The number of aromatic nitrogens is 2. The lowest BCUT2D eigenvalue weighted by Gasteiger charge is -1.95. The zero-order chi connectivity index (χ0) is 9.68. The molecule has 0 saturated carbocycles. The second kappa shape index (κ2) is 4.00. The molecular weight excluding hydrogens is 176 g/mol. The standard InChI is InChI=1S/C6H6N4O3/c11-7-3-5-1-2-6(4-8-12)10(13)9-5/h1-4,11-12H/b7-3+,8-4+. The summed E-state index contributed by atoms with van der Waals surface area (Å²) in [6, 6.07) is 2.81. The Kier molecular flexibility index (Phi) is 2.74. The van der Waals surface area contributed by atoms with Gasteiger partial charge in [-0.1, -0.05) is 10.3 Å². The molecule has 0 aromatic carbocycles. The van der Waals surface area contributed by atoms with Gasteiger partial charge < -0.3 is 15.6 Å². The molecule has 0 aliphatic rings. The van der Waals surface area contributed by atoms with Gasteiger partial charge in [0, 0.05) is 11.2 Å². The summed E-state index contributed by atoms with van der Waals surface area (Å²) in [5, 5.41) is 36.0. The number of nitrogens with zero attached hydrogens (tertiary/aromatic N) is 4. The highest BCUT2D eigenvalue weighted by Gasteiger charge is 2.04. The fourth-order valence-corrected chi connectivity index (χ4v) is 0.710. The molecule has 0 radical (unpaired) electrons. The lowest BCUT2D eigenvalue weighted by atomic mass is 10.3. The third kappa shape index (κ3) is 2.12. The van der Waals surface area contributed by atoms with Gasteiger partial charge >= 0.3 is 0 Å². The Morgan fingerprint density at radius 2 is 2.00 bits per heavy atom. The normalized spacial score (nSPS) is 11.4.